The highest BCUT2D eigenvalue weighted by atomic mass is 32.1. The maximum absolute atomic E-state index is 12.1. The van der Waals surface area contributed by atoms with Gasteiger partial charge in [0.1, 0.15) is 5.54 Å². The van der Waals surface area contributed by atoms with Gasteiger partial charge in [0, 0.05) is 30.5 Å². The van der Waals surface area contributed by atoms with Gasteiger partial charge in [-0.05, 0) is 39.2 Å². The van der Waals surface area contributed by atoms with Gasteiger partial charge in [-0.2, -0.15) is 0 Å². The van der Waals surface area contributed by atoms with Gasteiger partial charge in [-0.15, -0.1) is 11.3 Å². The van der Waals surface area contributed by atoms with Crippen molar-refractivity contribution < 1.29 is 14.4 Å². The fourth-order valence-corrected chi connectivity index (χ4v) is 3.81. The fourth-order valence-electron chi connectivity index (χ4n) is 3.19. The second-order valence-electron chi connectivity index (χ2n) is 7.66. The summed E-state index contributed by atoms with van der Waals surface area (Å²) in [6.07, 6.45) is 1.46. The Hall–Kier alpha value is -2.74. The van der Waals surface area contributed by atoms with Crippen molar-refractivity contribution in [2.45, 2.75) is 45.6 Å². The predicted molar refractivity (Wildman–Crippen MR) is 113 cm³/mol. The van der Waals surface area contributed by atoms with Crippen LogP contribution in [0.25, 0.3) is 11.3 Å². The van der Waals surface area contributed by atoms with Crippen LogP contribution in [0.3, 0.4) is 0 Å². The summed E-state index contributed by atoms with van der Waals surface area (Å²) in [5.74, 6) is -0.329. The smallest absolute Gasteiger partial charge is 0.325 e. The number of thiazole rings is 1. The molecule has 1 aromatic heterocycles. The Labute approximate surface area is 174 Å². The third-order valence-corrected chi connectivity index (χ3v) is 5.61. The SMILES string of the molecule is Cc1nc(-c2ccc(CCNC(=O)CCCN3C(=O)NC(C)(C)C3=O)cc2)cs1. The minimum Gasteiger partial charge on any atom is -0.356 e. The van der Waals surface area contributed by atoms with Crippen LogP contribution in [0.4, 0.5) is 4.79 Å². The van der Waals surface area contributed by atoms with Crippen LogP contribution in [-0.2, 0) is 16.0 Å². The van der Waals surface area contributed by atoms with Gasteiger partial charge < -0.3 is 10.6 Å². The van der Waals surface area contributed by atoms with Crippen molar-refractivity contribution in [1.29, 1.82) is 0 Å². The number of imide groups is 1. The van der Waals surface area contributed by atoms with Crippen molar-refractivity contribution in [3.05, 3.63) is 40.2 Å². The zero-order valence-electron chi connectivity index (χ0n) is 16.9. The Morgan fingerprint density at radius 3 is 2.55 bits per heavy atom. The maximum Gasteiger partial charge on any atom is 0.325 e. The van der Waals surface area contributed by atoms with Gasteiger partial charge in [0.25, 0.3) is 5.91 Å². The van der Waals surface area contributed by atoms with Crippen molar-refractivity contribution in [2.75, 3.05) is 13.1 Å². The third-order valence-electron chi connectivity index (χ3n) is 4.83. The summed E-state index contributed by atoms with van der Waals surface area (Å²) in [6.45, 7) is 6.13. The van der Waals surface area contributed by atoms with E-state index >= 15 is 0 Å². The predicted octanol–water partition coefficient (Wildman–Crippen LogP) is 2.89. The molecule has 2 aromatic rings. The molecule has 1 aliphatic rings. The van der Waals surface area contributed by atoms with Gasteiger partial charge in [0.15, 0.2) is 0 Å². The Balaban J connectivity index is 1.37. The average molecular weight is 415 g/mol. The van der Waals surface area contributed by atoms with E-state index in [-0.39, 0.29) is 24.8 Å². The first-order valence-electron chi connectivity index (χ1n) is 9.68. The second kappa shape index (κ2) is 8.73. The van der Waals surface area contributed by atoms with Crippen LogP contribution in [-0.4, -0.2) is 46.4 Å². The van der Waals surface area contributed by atoms with Gasteiger partial charge >= 0.3 is 6.03 Å². The molecule has 0 atom stereocenters. The van der Waals surface area contributed by atoms with Crippen LogP contribution in [0.2, 0.25) is 0 Å². The van der Waals surface area contributed by atoms with E-state index < -0.39 is 11.6 Å². The van der Waals surface area contributed by atoms with Crippen LogP contribution in [0.1, 0.15) is 37.3 Å². The highest BCUT2D eigenvalue weighted by Gasteiger charge is 2.43. The number of nitrogens with one attached hydrogen (secondary N) is 2. The molecular weight excluding hydrogens is 388 g/mol. The first kappa shape index (κ1) is 21.0. The number of aromatic nitrogens is 1. The number of hydrogen-bond acceptors (Lipinski definition) is 5. The lowest BCUT2D eigenvalue weighted by Gasteiger charge is -2.15. The molecular formula is C21H26N4O3S. The van der Waals surface area contributed by atoms with E-state index in [1.807, 2.05) is 24.4 Å². The molecule has 8 heteroatoms. The molecule has 3 rings (SSSR count). The molecule has 7 nitrogen and oxygen atoms in total. The summed E-state index contributed by atoms with van der Waals surface area (Å²) in [6, 6.07) is 7.80. The van der Waals surface area contributed by atoms with E-state index in [0.717, 1.165) is 28.2 Å². The summed E-state index contributed by atoms with van der Waals surface area (Å²) in [5.41, 5.74) is 2.35. The largest absolute Gasteiger partial charge is 0.356 e. The van der Waals surface area contributed by atoms with Crippen LogP contribution >= 0.6 is 11.3 Å². The lowest BCUT2D eigenvalue weighted by atomic mass is 10.1. The number of nitrogens with zero attached hydrogens (tertiary/aromatic N) is 2. The molecule has 1 aliphatic heterocycles. The molecule has 0 unspecified atom stereocenters. The van der Waals surface area contributed by atoms with Crippen LogP contribution in [0.5, 0.6) is 0 Å². The molecule has 0 radical (unpaired) electrons. The average Bonchev–Trinajstić information content (AvgIpc) is 3.18. The zero-order valence-corrected chi connectivity index (χ0v) is 17.8. The molecule has 2 heterocycles. The third kappa shape index (κ3) is 5.20. The first-order chi connectivity index (χ1) is 13.8. The van der Waals surface area contributed by atoms with Crippen LogP contribution in [0.15, 0.2) is 29.6 Å². The summed E-state index contributed by atoms with van der Waals surface area (Å²) in [4.78, 5) is 41.6. The molecule has 154 valence electrons. The van der Waals surface area contributed by atoms with Crippen molar-refractivity contribution in [1.82, 2.24) is 20.5 Å². The summed E-state index contributed by atoms with van der Waals surface area (Å²) in [7, 11) is 0. The summed E-state index contributed by atoms with van der Waals surface area (Å²) >= 11 is 1.63. The van der Waals surface area contributed by atoms with Crippen molar-refractivity contribution >= 4 is 29.2 Å². The number of carbonyl (C=O) groups is 3. The number of aryl methyl sites for hydroxylation is 1. The number of benzene rings is 1. The molecule has 1 saturated heterocycles. The van der Waals surface area contributed by atoms with Crippen LogP contribution in [0, 0.1) is 6.92 Å². The van der Waals surface area contributed by atoms with Gasteiger partial charge in [-0.25, -0.2) is 9.78 Å². The van der Waals surface area contributed by atoms with Crippen molar-refractivity contribution in [3.63, 3.8) is 0 Å². The van der Waals surface area contributed by atoms with E-state index in [1.54, 1.807) is 25.2 Å². The Kier molecular flexibility index (Phi) is 6.32. The lowest BCUT2D eigenvalue weighted by Crippen LogP contribution is -2.40. The highest BCUT2D eigenvalue weighted by molar-refractivity contribution is 7.09. The normalized spacial score (nSPS) is 15.5. The standard InChI is InChI=1S/C21H26N4O3S/c1-14-23-17(13-29-14)16-8-6-15(7-9-16)10-11-22-18(26)5-4-12-25-19(27)21(2,3)24-20(25)28/h6-9,13H,4-5,10-12H2,1-3H3,(H,22,26)(H,24,28). The molecule has 0 spiro atoms. The fraction of sp³-hybridized carbons (Fsp3) is 0.429. The number of urea groups is 1. The van der Waals surface area contributed by atoms with Crippen molar-refractivity contribution in [3.8, 4) is 11.3 Å². The minimum absolute atomic E-state index is 0.0779. The van der Waals surface area contributed by atoms with Crippen molar-refractivity contribution in [2.24, 2.45) is 0 Å². The molecule has 0 aliphatic carbocycles. The quantitative estimate of drug-likeness (QED) is 0.650. The molecule has 1 fully saturated rings. The Morgan fingerprint density at radius 2 is 1.97 bits per heavy atom. The topological polar surface area (TPSA) is 91.4 Å². The molecule has 1 aromatic carbocycles. The maximum atomic E-state index is 12.1. The van der Waals surface area contributed by atoms with E-state index in [4.69, 9.17) is 0 Å². The number of hydrogen-bond donors (Lipinski definition) is 2. The molecule has 29 heavy (non-hydrogen) atoms. The van der Waals surface area contributed by atoms with Gasteiger partial charge in [0.05, 0.1) is 10.7 Å². The van der Waals surface area contributed by atoms with Gasteiger partial charge in [-0.3, -0.25) is 14.5 Å². The summed E-state index contributed by atoms with van der Waals surface area (Å²) in [5, 5.41) is 8.62. The second-order valence-corrected chi connectivity index (χ2v) is 8.73. The minimum atomic E-state index is -0.868. The summed E-state index contributed by atoms with van der Waals surface area (Å²) < 4.78 is 0. The molecule has 2 N–H and O–H groups in total. The number of amides is 4. The van der Waals surface area contributed by atoms with E-state index in [9.17, 15) is 14.4 Å². The highest BCUT2D eigenvalue weighted by Crippen LogP contribution is 2.22. The number of carbonyl (C=O) groups excluding carboxylic acids is 3. The monoisotopic (exact) mass is 414 g/mol. The molecule has 0 bridgehead atoms. The van der Waals surface area contributed by atoms with E-state index in [2.05, 4.69) is 27.8 Å². The van der Waals surface area contributed by atoms with Crippen LogP contribution < -0.4 is 10.6 Å². The Morgan fingerprint density at radius 1 is 1.24 bits per heavy atom. The van der Waals surface area contributed by atoms with Gasteiger partial charge in [-0.1, -0.05) is 24.3 Å². The van der Waals surface area contributed by atoms with E-state index in [0.29, 0.717) is 13.0 Å². The Bertz CT molecular complexity index is 905. The first-order valence-corrected chi connectivity index (χ1v) is 10.6. The lowest BCUT2D eigenvalue weighted by molar-refractivity contribution is -0.130. The number of rotatable bonds is 8. The van der Waals surface area contributed by atoms with Gasteiger partial charge in [0.2, 0.25) is 5.91 Å². The molecule has 4 amide bonds. The van der Waals surface area contributed by atoms with E-state index in [1.165, 1.54) is 4.90 Å². The zero-order chi connectivity index (χ0) is 21.0. The molecule has 0 saturated carbocycles.